The van der Waals surface area contributed by atoms with E-state index < -0.39 is 17.7 Å². The summed E-state index contributed by atoms with van der Waals surface area (Å²) in [7, 11) is 0. The molecule has 2 fully saturated rings. The first-order valence-corrected chi connectivity index (χ1v) is 10.1. The van der Waals surface area contributed by atoms with Crippen molar-refractivity contribution in [3.63, 3.8) is 0 Å². The van der Waals surface area contributed by atoms with Crippen LogP contribution in [0.25, 0.3) is 5.76 Å². The predicted octanol–water partition coefficient (Wildman–Crippen LogP) is 4.59. The van der Waals surface area contributed by atoms with Gasteiger partial charge in [-0.15, -0.1) is 0 Å². The maximum Gasteiger partial charge on any atom is 0.295 e. The minimum Gasteiger partial charge on any atom is -0.507 e. The van der Waals surface area contributed by atoms with Crippen molar-refractivity contribution in [1.82, 2.24) is 4.90 Å². The molecule has 2 aliphatic rings. The summed E-state index contributed by atoms with van der Waals surface area (Å²) in [4.78, 5) is 27.3. The molecule has 2 saturated heterocycles. The molecule has 1 amide bonds. The van der Waals surface area contributed by atoms with E-state index in [-0.39, 0.29) is 24.0 Å². The number of likely N-dealkylation sites (tertiary alicyclic amines) is 1. The Morgan fingerprint density at radius 1 is 1.10 bits per heavy atom. The first-order valence-electron chi connectivity index (χ1n) is 9.37. The van der Waals surface area contributed by atoms with Crippen LogP contribution in [0, 0.1) is 0 Å². The Balaban J connectivity index is 1.84. The molecular formula is C22H19Cl2NO4. The fraction of sp³-hybridized carbons (Fsp3) is 0.273. The van der Waals surface area contributed by atoms with Crippen LogP contribution in [0.4, 0.5) is 0 Å². The number of ketones is 1. The van der Waals surface area contributed by atoms with Gasteiger partial charge in [0.2, 0.25) is 0 Å². The molecule has 2 atom stereocenters. The van der Waals surface area contributed by atoms with Gasteiger partial charge in [0.25, 0.3) is 11.7 Å². The molecule has 4 rings (SSSR count). The van der Waals surface area contributed by atoms with Crippen LogP contribution in [0.1, 0.15) is 30.0 Å². The molecule has 150 valence electrons. The van der Waals surface area contributed by atoms with Crippen LogP contribution in [0.5, 0.6) is 0 Å². The van der Waals surface area contributed by atoms with Gasteiger partial charge in [0.05, 0.1) is 27.8 Å². The smallest absolute Gasteiger partial charge is 0.295 e. The fourth-order valence-corrected chi connectivity index (χ4v) is 4.16. The van der Waals surface area contributed by atoms with Crippen molar-refractivity contribution in [3.8, 4) is 0 Å². The van der Waals surface area contributed by atoms with E-state index >= 15 is 0 Å². The van der Waals surface area contributed by atoms with E-state index in [2.05, 4.69) is 0 Å². The van der Waals surface area contributed by atoms with Crippen LogP contribution in [-0.4, -0.2) is 41.0 Å². The number of halogens is 2. The zero-order chi connectivity index (χ0) is 20.5. The van der Waals surface area contributed by atoms with Gasteiger partial charge < -0.3 is 14.7 Å². The van der Waals surface area contributed by atoms with Gasteiger partial charge in [-0.05, 0) is 30.5 Å². The Labute approximate surface area is 178 Å². The van der Waals surface area contributed by atoms with E-state index in [0.29, 0.717) is 27.8 Å². The van der Waals surface area contributed by atoms with E-state index in [4.69, 9.17) is 27.9 Å². The molecule has 1 N–H and O–H groups in total. The Morgan fingerprint density at radius 2 is 1.86 bits per heavy atom. The molecule has 2 aromatic rings. The van der Waals surface area contributed by atoms with E-state index in [9.17, 15) is 14.7 Å². The Bertz CT molecular complexity index is 984. The highest BCUT2D eigenvalue weighted by atomic mass is 35.5. The molecule has 0 radical (unpaired) electrons. The third-order valence-corrected chi connectivity index (χ3v) is 6.01. The molecule has 0 aromatic heterocycles. The number of amides is 1. The summed E-state index contributed by atoms with van der Waals surface area (Å²) in [5.41, 5.74) is 1.11. The number of hydrogen-bond acceptors (Lipinski definition) is 4. The van der Waals surface area contributed by atoms with E-state index in [1.165, 1.54) is 4.90 Å². The van der Waals surface area contributed by atoms with Crippen molar-refractivity contribution >= 4 is 40.7 Å². The van der Waals surface area contributed by atoms with Crippen LogP contribution in [0.3, 0.4) is 0 Å². The fourth-order valence-electron chi connectivity index (χ4n) is 3.86. The summed E-state index contributed by atoms with van der Waals surface area (Å²) in [5, 5.41) is 11.6. The normalized spacial score (nSPS) is 23.7. The highest BCUT2D eigenvalue weighted by Gasteiger charge is 2.47. The third kappa shape index (κ3) is 3.78. The van der Waals surface area contributed by atoms with Crippen LogP contribution in [0.2, 0.25) is 10.0 Å². The quantitative estimate of drug-likeness (QED) is 0.436. The predicted molar refractivity (Wildman–Crippen MR) is 111 cm³/mol. The van der Waals surface area contributed by atoms with Gasteiger partial charge in [-0.2, -0.15) is 0 Å². The lowest BCUT2D eigenvalue weighted by Crippen LogP contribution is -2.36. The van der Waals surface area contributed by atoms with Gasteiger partial charge in [0.1, 0.15) is 5.76 Å². The molecule has 0 aliphatic carbocycles. The molecule has 2 aliphatic heterocycles. The Morgan fingerprint density at radius 3 is 2.52 bits per heavy atom. The third-order valence-electron chi connectivity index (χ3n) is 5.27. The Hall–Kier alpha value is -2.34. The summed E-state index contributed by atoms with van der Waals surface area (Å²) in [6.07, 6.45) is 1.58. The standard InChI is InChI=1S/C22H19Cl2NO4/c23-16-9-8-14(11-17(16)24)19-18(20(26)13-5-2-1-3-6-13)21(27)22(28)25(19)12-15-7-4-10-29-15/h1-3,5-6,8-9,11,15,19,26H,4,7,10,12H2/t15-,19-/m1/s1. The highest BCUT2D eigenvalue weighted by molar-refractivity contribution is 6.46. The van der Waals surface area contributed by atoms with Gasteiger partial charge >= 0.3 is 0 Å². The van der Waals surface area contributed by atoms with Crippen molar-refractivity contribution in [3.05, 3.63) is 75.3 Å². The first kappa shape index (κ1) is 20.0. The summed E-state index contributed by atoms with van der Waals surface area (Å²) >= 11 is 12.3. The van der Waals surface area contributed by atoms with Crippen molar-refractivity contribution in [1.29, 1.82) is 0 Å². The van der Waals surface area contributed by atoms with Crippen molar-refractivity contribution in [2.24, 2.45) is 0 Å². The average molecular weight is 432 g/mol. The summed E-state index contributed by atoms with van der Waals surface area (Å²) in [6.45, 7) is 0.900. The number of carbonyl (C=O) groups excluding carboxylic acids is 2. The van der Waals surface area contributed by atoms with E-state index in [0.717, 1.165) is 12.8 Å². The second-order valence-corrected chi connectivity index (χ2v) is 7.94. The molecule has 0 bridgehead atoms. The zero-order valence-corrected chi connectivity index (χ0v) is 17.0. The molecule has 2 heterocycles. The number of nitrogens with zero attached hydrogens (tertiary/aromatic N) is 1. The zero-order valence-electron chi connectivity index (χ0n) is 15.5. The minimum atomic E-state index is -0.769. The molecule has 5 nitrogen and oxygen atoms in total. The molecular weight excluding hydrogens is 413 g/mol. The number of aliphatic hydroxyl groups excluding tert-OH is 1. The van der Waals surface area contributed by atoms with Crippen molar-refractivity contribution in [2.45, 2.75) is 25.0 Å². The monoisotopic (exact) mass is 431 g/mol. The minimum absolute atomic E-state index is 0.0394. The maximum atomic E-state index is 12.9. The van der Waals surface area contributed by atoms with Crippen LogP contribution < -0.4 is 0 Å². The first-order chi connectivity index (χ1) is 14.0. The lowest BCUT2D eigenvalue weighted by molar-refractivity contribution is -0.140. The van der Waals surface area contributed by atoms with Crippen molar-refractivity contribution in [2.75, 3.05) is 13.2 Å². The summed E-state index contributed by atoms with van der Waals surface area (Å²) in [5.74, 6) is -1.59. The number of hydrogen-bond donors (Lipinski definition) is 1. The number of Topliss-reactive ketones (excluding diaryl/α,β-unsaturated/α-hetero) is 1. The van der Waals surface area contributed by atoms with Crippen LogP contribution >= 0.6 is 23.2 Å². The Kier molecular flexibility index (Phi) is 5.63. The van der Waals surface area contributed by atoms with Crippen molar-refractivity contribution < 1.29 is 19.4 Å². The number of benzene rings is 2. The van der Waals surface area contributed by atoms with Crippen LogP contribution in [-0.2, 0) is 14.3 Å². The van der Waals surface area contributed by atoms with Gasteiger partial charge in [-0.3, -0.25) is 9.59 Å². The largest absolute Gasteiger partial charge is 0.507 e. The second-order valence-electron chi connectivity index (χ2n) is 7.13. The highest BCUT2D eigenvalue weighted by Crippen LogP contribution is 2.41. The number of carbonyl (C=O) groups is 2. The lowest BCUT2D eigenvalue weighted by atomic mass is 9.95. The molecule has 29 heavy (non-hydrogen) atoms. The summed E-state index contributed by atoms with van der Waals surface area (Å²) in [6, 6.07) is 12.9. The second kappa shape index (κ2) is 8.19. The van der Waals surface area contributed by atoms with Gasteiger partial charge in [0, 0.05) is 18.7 Å². The average Bonchev–Trinajstić information content (AvgIpc) is 3.33. The van der Waals surface area contributed by atoms with E-state index in [1.807, 2.05) is 6.07 Å². The topological polar surface area (TPSA) is 66.8 Å². The molecule has 0 saturated carbocycles. The number of aliphatic hydroxyl groups is 1. The lowest BCUT2D eigenvalue weighted by Gasteiger charge is -2.27. The maximum absolute atomic E-state index is 12.9. The molecule has 0 spiro atoms. The SMILES string of the molecule is O=C1C(=O)N(C[C@H]2CCCO2)[C@H](c2ccc(Cl)c(Cl)c2)C1=C(O)c1ccccc1. The molecule has 0 unspecified atom stereocenters. The summed E-state index contributed by atoms with van der Waals surface area (Å²) < 4.78 is 5.67. The molecule has 7 heteroatoms. The number of rotatable bonds is 4. The van der Waals surface area contributed by atoms with Gasteiger partial charge in [0.15, 0.2) is 0 Å². The van der Waals surface area contributed by atoms with Gasteiger partial charge in [-0.25, -0.2) is 0 Å². The number of ether oxygens (including phenoxy) is 1. The van der Waals surface area contributed by atoms with Crippen LogP contribution in [0.15, 0.2) is 54.1 Å². The van der Waals surface area contributed by atoms with E-state index in [1.54, 1.807) is 42.5 Å². The van der Waals surface area contributed by atoms with Gasteiger partial charge in [-0.1, -0.05) is 59.6 Å². The molecule has 2 aromatic carbocycles.